The lowest BCUT2D eigenvalue weighted by atomic mass is 9.76. The van der Waals surface area contributed by atoms with Crippen LogP contribution in [0.15, 0.2) is 24.0 Å². The highest BCUT2D eigenvalue weighted by Crippen LogP contribution is 2.37. The van der Waals surface area contributed by atoms with Crippen molar-refractivity contribution in [1.82, 2.24) is 0 Å². The van der Waals surface area contributed by atoms with E-state index in [0.29, 0.717) is 5.41 Å². The second kappa shape index (κ2) is 7.10. The summed E-state index contributed by atoms with van der Waals surface area (Å²) in [6.45, 7) is 8.99. The van der Waals surface area contributed by atoms with Gasteiger partial charge in [0.05, 0.1) is 13.4 Å². The Labute approximate surface area is 124 Å². The molecule has 0 aliphatic heterocycles. The van der Waals surface area contributed by atoms with Crippen LogP contribution in [0.3, 0.4) is 0 Å². The molecule has 0 heterocycles. The lowest BCUT2D eigenvalue weighted by molar-refractivity contribution is -0.115. The Morgan fingerprint density at radius 2 is 1.65 bits per heavy atom. The zero-order valence-corrected chi connectivity index (χ0v) is 13.8. The quantitative estimate of drug-likeness (QED) is 0.627. The fraction of sp³-hybridized carbons (Fsp3) is 0.722. The van der Waals surface area contributed by atoms with Crippen LogP contribution in [0.5, 0.6) is 0 Å². The van der Waals surface area contributed by atoms with Gasteiger partial charge in [-0.05, 0) is 54.6 Å². The lowest BCUT2D eigenvalue weighted by Gasteiger charge is -2.30. The fourth-order valence-corrected chi connectivity index (χ4v) is 2.46. The number of ketones is 1. The van der Waals surface area contributed by atoms with E-state index in [1.165, 1.54) is 31.3 Å². The summed E-state index contributed by atoms with van der Waals surface area (Å²) in [4.78, 5) is 10.7. The molecule has 0 N–H and O–H groups in total. The summed E-state index contributed by atoms with van der Waals surface area (Å²) in [6, 6.07) is 0. The first-order valence-corrected chi connectivity index (χ1v) is 7.67. The van der Waals surface area contributed by atoms with Gasteiger partial charge in [-0.1, -0.05) is 33.8 Å². The molecule has 1 fully saturated rings. The number of hydrogen-bond donors (Lipinski definition) is 0. The predicted molar refractivity (Wildman–Crippen MR) is 84.5 cm³/mol. The highest BCUT2D eigenvalue weighted by atomic mass is 16.5. The number of methoxy groups -OCH3 is 1. The predicted octanol–water partition coefficient (Wildman–Crippen LogP) is 5.05. The van der Waals surface area contributed by atoms with Gasteiger partial charge >= 0.3 is 0 Å². The third-order valence-corrected chi connectivity index (χ3v) is 4.27. The molecule has 114 valence electrons. The molecule has 20 heavy (non-hydrogen) atoms. The minimum Gasteiger partial charge on any atom is -0.504 e. The van der Waals surface area contributed by atoms with Gasteiger partial charge in [-0.3, -0.25) is 4.79 Å². The van der Waals surface area contributed by atoms with Gasteiger partial charge in [-0.25, -0.2) is 0 Å². The van der Waals surface area contributed by atoms with Gasteiger partial charge in [0, 0.05) is 6.42 Å². The van der Waals surface area contributed by atoms with Crippen LogP contribution >= 0.6 is 0 Å². The Hall–Kier alpha value is -1.05. The molecular weight excluding hydrogens is 248 g/mol. The number of allylic oxidation sites excluding steroid dienone is 3. The maximum Gasteiger partial charge on any atom is 0.155 e. The summed E-state index contributed by atoms with van der Waals surface area (Å²) in [5.74, 6) is 0.273. The van der Waals surface area contributed by atoms with Crippen molar-refractivity contribution in [2.45, 2.75) is 66.2 Å². The first-order chi connectivity index (χ1) is 9.24. The average molecular weight is 278 g/mol. The van der Waals surface area contributed by atoms with Crippen molar-refractivity contribution in [3.63, 3.8) is 0 Å². The van der Waals surface area contributed by atoms with Crippen LogP contribution in [0.1, 0.15) is 66.2 Å². The molecule has 0 saturated heterocycles. The molecule has 2 aliphatic rings. The van der Waals surface area contributed by atoms with Gasteiger partial charge in [0.25, 0.3) is 0 Å². The molecule has 0 unspecified atom stereocenters. The van der Waals surface area contributed by atoms with E-state index < -0.39 is 0 Å². The van der Waals surface area contributed by atoms with Crippen LogP contribution < -0.4 is 0 Å². The fourth-order valence-electron chi connectivity index (χ4n) is 2.46. The number of ether oxygens (including phenoxy) is 1. The maximum atomic E-state index is 10.7. The molecule has 0 amide bonds. The van der Waals surface area contributed by atoms with Crippen LogP contribution in [0, 0.1) is 10.8 Å². The second-order valence-electron chi connectivity index (χ2n) is 7.46. The van der Waals surface area contributed by atoms with E-state index in [1.807, 2.05) is 12.3 Å². The standard InChI is InChI=1S/C10H18O.C8H12O/c1-10(2)6-4-9(5-7-10)8-11-3;1-8(2)5-3-7(9)4-6-8/h8H,4-7H2,1-3H3;3,5H,4,6H2,1-2H3. The van der Waals surface area contributed by atoms with Crippen molar-refractivity contribution in [1.29, 1.82) is 0 Å². The smallest absolute Gasteiger partial charge is 0.155 e. The molecule has 0 aromatic rings. The van der Waals surface area contributed by atoms with E-state index in [0.717, 1.165) is 12.8 Å². The number of hydrogen-bond acceptors (Lipinski definition) is 2. The molecule has 2 nitrogen and oxygen atoms in total. The van der Waals surface area contributed by atoms with Crippen molar-refractivity contribution >= 4 is 5.78 Å². The summed E-state index contributed by atoms with van der Waals surface area (Å²) >= 11 is 0. The van der Waals surface area contributed by atoms with Crippen LogP contribution in [0.2, 0.25) is 0 Å². The van der Waals surface area contributed by atoms with Gasteiger partial charge in [0.2, 0.25) is 0 Å². The molecule has 0 atom stereocenters. The Balaban J connectivity index is 0.000000204. The monoisotopic (exact) mass is 278 g/mol. The van der Waals surface area contributed by atoms with E-state index in [2.05, 4.69) is 27.7 Å². The highest BCUT2D eigenvalue weighted by molar-refractivity contribution is 5.90. The van der Waals surface area contributed by atoms with Gasteiger partial charge in [0.1, 0.15) is 0 Å². The summed E-state index contributed by atoms with van der Waals surface area (Å²) in [5.41, 5.74) is 2.30. The minimum absolute atomic E-state index is 0.258. The largest absolute Gasteiger partial charge is 0.504 e. The van der Waals surface area contributed by atoms with Crippen molar-refractivity contribution < 1.29 is 9.53 Å². The van der Waals surface area contributed by atoms with Crippen molar-refractivity contribution in [3.05, 3.63) is 24.0 Å². The van der Waals surface area contributed by atoms with E-state index in [9.17, 15) is 4.79 Å². The number of carbonyl (C=O) groups is 1. The maximum absolute atomic E-state index is 10.7. The third kappa shape index (κ3) is 6.40. The molecule has 1 saturated carbocycles. The first-order valence-electron chi connectivity index (χ1n) is 7.67. The normalized spacial score (nSPS) is 23.6. The molecule has 2 aliphatic carbocycles. The third-order valence-electron chi connectivity index (χ3n) is 4.27. The summed E-state index contributed by atoms with van der Waals surface area (Å²) in [7, 11) is 1.73. The number of rotatable bonds is 1. The van der Waals surface area contributed by atoms with Gasteiger partial charge < -0.3 is 4.74 Å². The minimum atomic E-state index is 0.258. The van der Waals surface area contributed by atoms with Crippen molar-refractivity contribution in [3.8, 4) is 0 Å². The van der Waals surface area contributed by atoms with Gasteiger partial charge in [0.15, 0.2) is 5.78 Å². The van der Waals surface area contributed by atoms with E-state index in [-0.39, 0.29) is 11.2 Å². The second-order valence-corrected chi connectivity index (χ2v) is 7.46. The van der Waals surface area contributed by atoms with Crippen LogP contribution in [-0.4, -0.2) is 12.9 Å². The Morgan fingerprint density at radius 3 is 2.05 bits per heavy atom. The van der Waals surface area contributed by atoms with Gasteiger partial charge in [-0.2, -0.15) is 0 Å². The van der Waals surface area contributed by atoms with E-state index in [4.69, 9.17) is 4.74 Å². The Morgan fingerprint density at radius 1 is 1.05 bits per heavy atom. The summed E-state index contributed by atoms with van der Waals surface area (Å²) in [5, 5.41) is 0. The van der Waals surface area contributed by atoms with E-state index in [1.54, 1.807) is 13.2 Å². The average Bonchev–Trinajstić information content (AvgIpc) is 2.37. The van der Waals surface area contributed by atoms with E-state index >= 15 is 0 Å². The Bertz CT molecular complexity index is 374. The number of carbonyl (C=O) groups excluding carboxylic acids is 1. The summed E-state index contributed by atoms with van der Waals surface area (Å²) in [6.07, 6.45) is 12.4. The van der Waals surface area contributed by atoms with Gasteiger partial charge in [-0.15, -0.1) is 0 Å². The molecule has 0 bridgehead atoms. The van der Waals surface area contributed by atoms with Crippen LogP contribution in [-0.2, 0) is 9.53 Å². The molecule has 0 radical (unpaired) electrons. The molecule has 2 rings (SSSR count). The van der Waals surface area contributed by atoms with Crippen molar-refractivity contribution in [2.75, 3.05) is 7.11 Å². The lowest BCUT2D eigenvalue weighted by Crippen LogP contribution is -2.16. The Kier molecular flexibility index (Phi) is 6.04. The zero-order valence-electron chi connectivity index (χ0n) is 13.8. The molecule has 0 aromatic heterocycles. The van der Waals surface area contributed by atoms with Crippen LogP contribution in [0.4, 0.5) is 0 Å². The first kappa shape index (κ1) is 17.0. The topological polar surface area (TPSA) is 26.3 Å². The molecule has 0 aromatic carbocycles. The summed E-state index contributed by atoms with van der Waals surface area (Å²) < 4.78 is 4.99. The molecular formula is C18H30O2. The SMILES string of the molecule is CC1(C)C=CC(=O)CC1.COC=C1CCC(C)(C)CC1. The van der Waals surface area contributed by atoms with Crippen molar-refractivity contribution in [2.24, 2.45) is 10.8 Å². The zero-order chi connectivity index (χ0) is 15.2. The highest BCUT2D eigenvalue weighted by Gasteiger charge is 2.23. The van der Waals surface area contributed by atoms with Crippen LogP contribution in [0.25, 0.3) is 0 Å². The molecule has 2 heteroatoms. The molecule has 0 spiro atoms.